The molecule has 1 amide bonds. The number of aliphatic imine (C=N–C) groups is 2. The van der Waals surface area contributed by atoms with Crippen molar-refractivity contribution in [3.63, 3.8) is 0 Å². The van der Waals surface area contributed by atoms with Gasteiger partial charge in [-0.2, -0.15) is 4.99 Å². The van der Waals surface area contributed by atoms with Crippen molar-refractivity contribution in [3.8, 4) is 0 Å². The Kier molecular flexibility index (Phi) is 1.45. The molecule has 56 valence electrons. The maximum absolute atomic E-state index is 11.2. The summed E-state index contributed by atoms with van der Waals surface area (Å²) in [5.41, 5.74) is 1.13. The number of hydrogen-bond donors (Lipinski definition) is 0. The number of rotatable bonds is 0. The Labute approximate surface area is 70.4 Å². The minimum Gasteiger partial charge on any atom is -0.387 e. The van der Waals surface area contributed by atoms with Gasteiger partial charge in [0.2, 0.25) is 7.98 Å². The summed E-state index contributed by atoms with van der Waals surface area (Å²) >= 11 is 0. The van der Waals surface area contributed by atoms with Gasteiger partial charge in [0, 0.05) is 18.2 Å². The Morgan fingerprint density at radius 1 is 1.67 bits per heavy atom. The first-order valence-electron chi connectivity index (χ1n) is 3.40. The maximum Gasteiger partial charge on any atom is 0.260 e. The van der Waals surface area contributed by atoms with Gasteiger partial charge in [-0.25, -0.2) is 4.99 Å². The van der Waals surface area contributed by atoms with Crippen LogP contribution in [-0.4, -0.2) is 37.5 Å². The molecule has 0 aromatic carbocycles. The number of carbonyl (C=O) groups excluding carboxylic acids is 1. The Hall–Kier alpha value is -1.61. The van der Waals surface area contributed by atoms with Crippen LogP contribution in [-0.2, 0) is 4.79 Å². The van der Waals surface area contributed by atoms with E-state index in [4.69, 9.17) is 7.98 Å². The summed E-state index contributed by atoms with van der Waals surface area (Å²) in [4.78, 5) is 19.9. The largest absolute Gasteiger partial charge is 0.387 e. The summed E-state index contributed by atoms with van der Waals surface area (Å²) in [5, 5.41) is 0. The summed E-state index contributed by atoms with van der Waals surface area (Å²) in [7, 11) is 5.38. The lowest BCUT2D eigenvalue weighted by atomic mass is 10.2. The fourth-order valence-corrected chi connectivity index (χ4v) is 1.09. The van der Waals surface area contributed by atoms with Crippen LogP contribution in [0.15, 0.2) is 27.3 Å². The van der Waals surface area contributed by atoms with Gasteiger partial charge in [0.1, 0.15) is 12.0 Å². The molecular formula is C7H4BN3O. The van der Waals surface area contributed by atoms with Gasteiger partial charge < -0.3 is 4.81 Å². The normalized spacial score (nSPS) is 20.3. The van der Waals surface area contributed by atoms with Crippen molar-refractivity contribution < 1.29 is 4.79 Å². The summed E-state index contributed by atoms with van der Waals surface area (Å²) < 4.78 is 0. The summed E-state index contributed by atoms with van der Waals surface area (Å²) in [6, 6.07) is 0. The molecule has 0 saturated heterocycles. The van der Waals surface area contributed by atoms with Crippen LogP contribution in [0, 0.1) is 0 Å². The molecule has 0 aromatic rings. The van der Waals surface area contributed by atoms with Crippen LogP contribution in [0.1, 0.15) is 0 Å². The van der Waals surface area contributed by atoms with Crippen molar-refractivity contribution in [2.75, 3.05) is 6.54 Å². The van der Waals surface area contributed by atoms with E-state index in [9.17, 15) is 4.79 Å². The van der Waals surface area contributed by atoms with Crippen molar-refractivity contribution in [2.45, 2.75) is 0 Å². The van der Waals surface area contributed by atoms with Crippen LogP contribution in [0.2, 0.25) is 0 Å². The molecule has 0 N–H and O–H groups in total. The molecule has 2 heterocycles. The van der Waals surface area contributed by atoms with Crippen LogP contribution in [0.4, 0.5) is 0 Å². The average molecular weight is 157 g/mol. The van der Waals surface area contributed by atoms with E-state index in [1.165, 1.54) is 6.34 Å². The van der Waals surface area contributed by atoms with Gasteiger partial charge in [0.05, 0.1) is 0 Å². The molecule has 0 aromatic heterocycles. The standard InChI is InChI=1S/C7H4BN3O/c8-11-3-5-1-2-9-4-10-6(5)7(11)12/h1,4H,3H2. The SMILES string of the molecule is [B]N1CC2=C(N=CN=C=C2)C1=O. The van der Waals surface area contributed by atoms with E-state index in [-0.39, 0.29) is 5.91 Å². The van der Waals surface area contributed by atoms with Crippen LogP contribution >= 0.6 is 0 Å². The van der Waals surface area contributed by atoms with Gasteiger partial charge in [-0.05, 0) is 5.87 Å². The predicted octanol–water partition coefficient (Wildman–Crippen LogP) is -0.566. The number of nitrogens with zero attached hydrogens (tertiary/aromatic N) is 3. The zero-order valence-electron chi connectivity index (χ0n) is 6.19. The van der Waals surface area contributed by atoms with Crippen LogP contribution in [0.3, 0.4) is 0 Å². The first-order valence-corrected chi connectivity index (χ1v) is 3.40. The lowest BCUT2D eigenvalue weighted by Crippen LogP contribution is -2.23. The summed E-state index contributed by atoms with van der Waals surface area (Å²) in [6.45, 7) is 0.383. The van der Waals surface area contributed by atoms with Gasteiger partial charge >= 0.3 is 0 Å². The zero-order valence-corrected chi connectivity index (χ0v) is 6.19. The molecule has 0 spiro atoms. The molecule has 0 atom stereocenters. The lowest BCUT2D eigenvalue weighted by Gasteiger charge is -2.06. The van der Waals surface area contributed by atoms with E-state index in [1.807, 2.05) is 0 Å². The maximum atomic E-state index is 11.2. The van der Waals surface area contributed by atoms with E-state index >= 15 is 0 Å². The van der Waals surface area contributed by atoms with Gasteiger partial charge in [-0.1, -0.05) is 0 Å². The highest BCUT2D eigenvalue weighted by molar-refractivity contribution is 6.20. The molecule has 0 aliphatic carbocycles. The zero-order chi connectivity index (χ0) is 8.55. The topological polar surface area (TPSA) is 45.0 Å². The first-order chi connectivity index (χ1) is 5.79. The van der Waals surface area contributed by atoms with E-state index in [0.717, 1.165) is 10.4 Å². The Bertz CT molecular complexity index is 363. The second kappa shape index (κ2) is 2.46. The van der Waals surface area contributed by atoms with Gasteiger partial charge in [-0.15, -0.1) is 0 Å². The summed E-state index contributed by atoms with van der Waals surface area (Å²) in [5.74, 6) is 2.35. The Balaban J connectivity index is 2.48. The molecule has 0 fully saturated rings. The Morgan fingerprint density at radius 2 is 2.50 bits per heavy atom. The third kappa shape index (κ3) is 0.915. The van der Waals surface area contributed by atoms with E-state index in [1.54, 1.807) is 6.08 Å². The van der Waals surface area contributed by atoms with Crippen molar-refractivity contribution in [1.29, 1.82) is 0 Å². The second-order valence-corrected chi connectivity index (χ2v) is 2.45. The van der Waals surface area contributed by atoms with E-state index in [0.29, 0.717) is 12.2 Å². The van der Waals surface area contributed by atoms with Gasteiger partial charge in [0.25, 0.3) is 5.91 Å². The quantitative estimate of drug-likeness (QED) is 0.434. The predicted molar refractivity (Wildman–Crippen MR) is 45.0 cm³/mol. The van der Waals surface area contributed by atoms with E-state index in [2.05, 4.69) is 15.9 Å². The highest BCUT2D eigenvalue weighted by atomic mass is 16.2. The monoisotopic (exact) mass is 157 g/mol. The van der Waals surface area contributed by atoms with Crippen molar-refractivity contribution in [2.24, 2.45) is 9.98 Å². The first kappa shape index (κ1) is 7.07. The molecule has 0 saturated carbocycles. The molecule has 0 unspecified atom stereocenters. The van der Waals surface area contributed by atoms with Crippen LogP contribution < -0.4 is 0 Å². The highest BCUT2D eigenvalue weighted by Gasteiger charge is 2.25. The Morgan fingerprint density at radius 3 is 3.33 bits per heavy atom. The highest BCUT2D eigenvalue weighted by Crippen LogP contribution is 2.19. The number of amides is 1. The van der Waals surface area contributed by atoms with Crippen molar-refractivity contribution in [3.05, 3.63) is 17.3 Å². The molecule has 2 aliphatic rings. The van der Waals surface area contributed by atoms with Gasteiger partial charge in [0.15, 0.2) is 0 Å². The number of hydrogen-bond acceptors (Lipinski definition) is 3. The van der Waals surface area contributed by atoms with Crippen LogP contribution in [0.5, 0.6) is 0 Å². The molecule has 2 rings (SSSR count). The minimum absolute atomic E-state index is 0.267. The fraction of sp³-hybridized carbons (Fsp3) is 0.143. The molecule has 0 bridgehead atoms. The lowest BCUT2D eigenvalue weighted by molar-refractivity contribution is -0.121. The number of carbonyl (C=O) groups is 1. The van der Waals surface area contributed by atoms with Crippen molar-refractivity contribution >= 4 is 26.1 Å². The average Bonchev–Trinajstić information content (AvgIpc) is 2.30. The van der Waals surface area contributed by atoms with E-state index < -0.39 is 0 Å². The second-order valence-electron chi connectivity index (χ2n) is 2.45. The van der Waals surface area contributed by atoms with Crippen LogP contribution in [0.25, 0.3) is 0 Å². The molecule has 5 heteroatoms. The third-order valence-corrected chi connectivity index (χ3v) is 1.67. The molecular weight excluding hydrogens is 153 g/mol. The molecule has 4 nitrogen and oxygen atoms in total. The molecule has 2 radical (unpaired) electrons. The van der Waals surface area contributed by atoms with Crippen molar-refractivity contribution in [1.82, 2.24) is 4.81 Å². The third-order valence-electron chi connectivity index (χ3n) is 1.67. The summed E-state index contributed by atoms with van der Waals surface area (Å²) in [6.07, 6.45) is 2.91. The molecule has 12 heavy (non-hydrogen) atoms. The molecule has 2 aliphatic heterocycles. The minimum atomic E-state index is -0.267. The smallest absolute Gasteiger partial charge is 0.260 e. The van der Waals surface area contributed by atoms with Gasteiger partial charge in [-0.3, -0.25) is 4.79 Å². The fourth-order valence-electron chi connectivity index (χ4n) is 1.09.